The lowest BCUT2D eigenvalue weighted by atomic mass is 10.1. The highest BCUT2D eigenvalue weighted by molar-refractivity contribution is 9.09. The van der Waals surface area contributed by atoms with E-state index in [1.807, 2.05) is 12.3 Å². The van der Waals surface area contributed by atoms with Gasteiger partial charge in [0, 0.05) is 22.2 Å². The van der Waals surface area contributed by atoms with Gasteiger partial charge in [-0.05, 0) is 24.5 Å². The largest absolute Gasteiger partial charge is 0.294 e. The molecule has 0 aromatic heterocycles. The molecule has 1 nitrogen and oxygen atoms in total. The number of carbonyl (C=O) groups is 1. The van der Waals surface area contributed by atoms with E-state index in [1.54, 1.807) is 23.9 Å². The van der Waals surface area contributed by atoms with Gasteiger partial charge in [-0.2, -0.15) is 0 Å². The summed E-state index contributed by atoms with van der Waals surface area (Å²) < 4.78 is 0. The van der Waals surface area contributed by atoms with Crippen LogP contribution < -0.4 is 0 Å². The molecule has 76 valence electrons. The van der Waals surface area contributed by atoms with Crippen LogP contribution in [0.3, 0.4) is 0 Å². The van der Waals surface area contributed by atoms with E-state index in [-0.39, 0.29) is 5.78 Å². The topological polar surface area (TPSA) is 17.1 Å². The Bertz CT molecular complexity index is 341. The number of rotatable bonds is 4. The van der Waals surface area contributed by atoms with Crippen molar-refractivity contribution in [1.29, 1.82) is 0 Å². The first-order valence-electron chi connectivity index (χ1n) is 4.11. The van der Waals surface area contributed by atoms with E-state index in [0.717, 1.165) is 10.5 Å². The molecule has 0 unspecified atom stereocenters. The molecular weight excluding hydrogens is 284 g/mol. The molecule has 0 radical (unpaired) electrons. The van der Waals surface area contributed by atoms with Gasteiger partial charge in [0.2, 0.25) is 0 Å². The van der Waals surface area contributed by atoms with Crippen molar-refractivity contribution in [3.8, 4) is 0 Å². The molecule has 0 aliphatic rings. The average Bonchev–Trinajstić information content (AvgIpc) is 2.19. The number of alkyl halides is 1. The number of Topliss-reactive ketones (excluding diaryl/α,β-unsaturated/α-hetero) is 1. The van der Waals surface area contributed by atoms with E-state index >= 15 is 0 Å². The number of halogens is 2. The Kier molecular flexibility index (Phi) is 4.99. The number of ketones is 1. The van der Waals surface area contributed by atoms with Crippen molar-refractivity contribution in [1.82, 2.24) is 0 Å². The van der Waals surface area contributed by atoms with Gasteiger partial charge in [-0.3, -0.25) is 4.79 Å². The smallest absolute Gasteiger partial charge is 0.163 e. The summed E-state index contributed by atoms with van der Waals surface area (Å²) in [5, 5.41) is 1.40. The Morgan fingerprint density at radius 1 is 1.57 bits per heavy atom. The lowest BCUT2D eigenvalue weighted by molar-refractivity contribution is 0.0989. The second-order valence-electron chi connectivity index (χ2n) is 2.71. The van der Waals surface area contributed by atoms with Gasteiger partial charge in [0.15, 0.2) is 5.78 Å². The first kappa shape index (κ1) is 12.1. The fourth-order valence-electron chi connectivity index (χ4n) is 1.06. The second-order valence-corrected chi connectivity index (χ2v) is 4.76. The van der Waals surface area contributed by atoms with E-state index in [9.17, 15) is 4.79 Å². The van der Waals surface area contributed by atoms with Crippen LogP contribution in [0.2, 0.25) is 5.02 Å². The third kappa shape index (κ3) is 3.01. The molecule has 1 aromatic carbocycles. The first-order valence-corrected chi connectivity index (χ1v) is 6.84. The second kappa shape index (κ2) is 5.79. The number of hydrogen-bond donors (Lipinski definition) is 0. The van der Waals surface area contributed by atoms with Crippen LogP contribution in [0.5, 0.6) is 0 Å². The molecule has 1 rings (SSSR count). The van der Waals surface area contributed by atoms with Crippen LogP contribution in [0, 0.1) is 0 Å². The maximum Gasteiger partial charge on any atom is 0.163 e. The third-order valence-corrected chi connectivity index (χ3v) is 3.41. The van der Waals surface area contributed by atoms with Crippen LogP contribution in [-0.2, 0) is 0 Å². The molecule has 0 amide bonds. The van der Waals surface area contributed by atoms with Crippen molar-refractivity contribution < 1.29 is 4.79 Å². The summed E-state index contributed by atoms with van der Waals surface area (Å²) in [6.45, 7) is 0. The molecule has 4 heteroatoms. The summed E-state index contributed by atoms with van der Waals surface area (Å²) in [6.07, 6.45) is 2.47. The predicted octanol–water partition coefficient (Wildman–Crippen LogP) is 4.03. The van der Waals surface area contributed by atoms with Crippen molar-refractivity contribution in [2.24, 2.45) is 0 Å². The molecule has 1 aromatic rings. The fourth-order valence-corrected chi connectivity index (χ4v) is 2.28. The zero-order chi connectivity index (χ0) is 10.6. The van der Waals surface area contributed by atoms with E-state index in [0.29, 0.717) is 16.8 Å². The molecular formula is C10H10BrClOS. The van der Waals surface area contributed by atoms with Gasteiger partial charge in [-0.1, -0.05) is 27.5 Å². The number of benzene rings is 1. The maximum absolute atomic E-state index is 11.5. The molecule has 0 aliphatic carbocycles. The SMILES string of the molecule is CSc1cc(C(=O)CCBr)ccc1Cl. The molecule has 0 saturated heterocycles. The summed E-state index contributed by atoms with van der Waals surface area (Å²) in [6, 6.07) is 5.39. The van der Waals surface area contributed by atoms with Crippen LogP contribution in [0.25, 0.3) is 0 Å². The summed E-state index contributed by atoms with van der Waals surface area (Å²) in [5.74, 6) is 0.147. The monoisotopic (exact) mass is 292 g/mol. The molecule has 0 heterocycles. The molecule has 14 heavy (non-hydrogen) atoms. The van der Waals surface area contributed by atoms with Crippen LogP contribution in [0.15, 0.2) is 23.1 Å². The van der Waals surface area contributed by atoms with Crippen molar-refractivity contribution in [2.45, 2.75) is 11.3 Å². The van der Waals surface area contributed by atoms with Gasteiger partial charge < -0.3 is 0 Å². The summed E-state index contributed by atoms with van der Waals surface area (Å²) >= 11 is 10.7. The molecule has 0 fully saturated rings. The number of hydrogen-bond acceptors (Lipinski definition) is 2. The minimum Gasteiger partial charge on any atom is -0.294 e. The summed E-state index contributed by atoms with van der Waals surface area (Å²) in [7, 11) is 0. The Morgan fingerprint density at radius 3 is 2.86 bits per heavy atom. The van der Waals surface area contributed by atoms with Gasteiger partial charge in [0.05, 0.1) is 5.02 Å². The molecule has 0 aliphatic heterocycles. The average molecular weight is 294 g/mol. The maximum atomic E-state index is 11.5. The van der Waals surface area contributed by atoms with Crippen LogP contribution in [0.1, 0.15) is 16.8 Å². The highest BCUT2D eigenvalue weighted by Gasteiger charge is 2.07. The Balaban J connectivity index is 2.94. The van der Waals surface area contributed by atoms with E-state index < -0.39 is 0 Å². The molecule has 0 atom stereocenters. The third-order valence-electron chi connectivity index (χ3n) is 1.79. The molecule has 0 spiro atoms. The molecule has 0 saturated carbocycles. The highest BCUT2D eigenvalue weighted by atomic mass is 79.9. The van der Waals surface area contributed by atoms with E-state index in [2.05, 4.69) is 15.9 Å². The van der Waals surface area contributed by atoms with Gasteiger partial charge in [-0.15, -0.1) is 11.8 Å². The lowest BCUT2D eigenvalue weighted by Gasteiger charge is -2.03. The van der Waals surface area contributed by atoms with Gasteiger partial charge in [-0.25, -0.2) is 0 Å². The molecule has 0 bridgehead atoms. The Hall–Kier alpha value is 0.01000. The quantitative estimate of drug-likeness (QED) is 0.474. The zero-order valence-corrected chi connectivity index (χ0v) is 10.9. The van der Waals surface area contributed by atoms with E-state index in [1.165, 1.54) is 0 Å². The number of carbonyl (C=O) groups excluding carboxylic acids is 1. The number of thioether (sulfide) groups is 1. The highest BCUT2D eigenvalue weighted by Crippen LogP contribution is 2.26. The van der Waals surface area contributed by atoms with Crippen LogP contribution in [-0.4, -0.2) is 17.4 Å². The Morgan fingerprint density at radius 2 is 2.29 bits per heavy atom. The summed E-state index contributed by atoms with van der Waals surface area (Å²) in [4.78, 5) is 12.5. The Labute approximate surface area is 101 Å². The van der Waals surface area contributed by atoms with Gasteiger partial charge in [0.1, 0.15) is 0 Å². The van der Waals surface area contributed by atoms with Crippen molar-refractivity contribution in [3.63, 3.8) is 0 Å². The van der Waals surface area contributed by atoms with Crippen molar-refractivity contribution >= 4 is 45.1 Å². The minimum absolute atomic E-state index is 0.147. The minimum atomic E-state index is 0.147. The van der Waals surface area contributed by atoms with E-state index in [4.69, 9.17) is 11.6 Å². The fraction of sp³-hybridized carbons (Fsp3) is 0.300. The first-order chi connectivity index (χ1) is 6.69. The van der Waals surface area contributed by atoms with Crippen LogP contribution >= 0.6 is 39.3 Å². The van der Waals surface area contributed by atoms with Crippen molar-refractivity contribution in [2.75, 3.05) is 11.6 Å². The standard InChI is InChI=1S/C10H10BrClOS/c1-14-10-6-7(2-3-8(10)12)9(13)4-5-11/h2-3,6H,4-5H2,1H3. The zero-order valence-electron chi connectivity index (χ0n) is 7.72. The summed E-state index contributed by atoms with van der Waals surface area (Å²) in [5.41, 5.74) is 0.734. The van der Waals surface area contributed by atoms with Crippen molar-refractivity contribution in [3.05, 3.63) is 28.8 Å². The van der Waals surface area contributed by atoms with Gasteiger partial charge >= 0.3 is 0 Å². The molecule has 0 N–H and O–H groups in total. The normalized spacial score (nSPS) is 10.2. The van der Waals surface area contributed by atoms with Gasteiger partial charge in [0.25, 0.3) is 0 Å². The van der Waals surface area contributed by atoms with Crippen LogP contribution in [0.4, 0.5) is 0 Å². The predicted molar refractivity (Wildman–Crippen MR) is 66.0 cm³/mol. The lowest BCUT2D eigenvalue weighted by Crippen LogP contribution is -1.99.